The summed E-state index contributed by atoms with van der Waals surface area (Å²) in [7, 11) is 7.95. The zero-order chi connectivity index (χ0) is 35.4. The molecular weight excluding hydrogens is 632 g/mol. The molecule has 270 valence electrons. The van der Waals surface area contributed by atoms with Crippen LogP contribution < -0.4 is 23.7 Å². The first-order valence-electron chi connectivity index (χ1n) is 16.8. The lowest BCUT2D eigenvalue weighted by Crippen LogP contribution is -2.28. The van der Waals surface area contributed by atoms with E-state index in [0.29, 0.717) is 67.5 Å². The summed E-state index contributed by atoms with van der Waals surface area (Å²) in [6.45, 7) is 0.782. The van der Waals surface area contributed by atoms with Gasteiger partial charge in [0.05, 0.1) is 53.9 Å². The normalized spacial score (nSPS) is 15.4. The number of benzene rings is 2. The molecule has 0 bridgehead atoms. The number of hydrogen-bond acceptors (Lipinski definition) is 11. The molecule has 11 heteroatoms. The number of carbonyl (C=O) groups excluding carboxylic acids is 2. The van der Waals surface area contributed by atoms with Crippen molar-refractivity contribution < 1.29 is 52.6 Å². The van der Waals surface area contributed by atoms with E-state index in [-0.39, 0.29) is 30.8 Å². The quantitative estimate of drug-likeness (QED) is 0.0775. The highest BCUT2D eigenvalue weighted by Gasteiger charge is 2.22. The third-order valence-electron chi connectivity index (χ3n) is 8.17. The van der Waals surface area contributed by atoms with E-state index in [1.54, 1.807) is 41.6 Å². The van der Waals surface area contributed by atoms with Crippen molar-refractivity contribution in [3.05, 3.63) is 53.6 Å². The first-order valence-corrected chi connectivity index (χ1v) is 16.8. The summed E-state index contributed by atoms with van der Waals surface area (Å²) < 4.78 is 43.9. The molecule has 1 heterocycles. The molecule has 1 N–H and O–H groups in total. The van der Waals surface area contributed by atoms with E-state index in [4.69, 9.17) is 37.9 Å². The number of cyclic esters (lactones) is 1. The van der Waals surface area contributed by atoms with Crippen molar-refractivity contribution in [1.29, 1.82) is 0 Å². The van der Waals surface area contributed by atoms with E-state index in [0.717, 1.165) is 43.2 Å². The molecule has 3 atom stereocenters. The number of unbranched alkanes of at least 4 members (excludes halogenated alkanes) is 4. The Kier molecular flexibility index (Phi) is 17.4. The molecule has 1 aliphatic heterocycles. The fourth-order valence-electron chi connectivity index (χ4n) is 5.51. The summed E-state index contributed by atoms with van der Waals surface area (Å²) in [6, 6.07) is 9.56. The molecule has 1 aliphatic rings. The average molecular weight is 685 g/mol. The van der Waals surface area contributed by atoms with Crippen LogP contribution in [0.25, 0.3) is 12.2 Å². The third kappa shape index (κ3) is 13.7. The van der Waals surface area contributed by atoms with Crippen molar-refractivity contribution in [1.82, 2.24) is 0 Å². The van der Waals surface area contributed by atoms with Gasteiger partial charge in [0.25, 0.3) is 0 Å². The lowest BCUT2D eigenvalue weighted by molar-refractivity contribution is -0.145. The Morgan fingerprint density at radius 3 is 2.20 bits per heavy atom. The van der Waals surface area contributed by atoms with Crippen molar-refractivity contribution in [3.63, 3.8) is 0 Å². The summed E-state index contributed by atoms with van der Waals surface area (Å²) in [5, 5.41) is 10.4. The molecule has 0 aliphatic carbocycles. The van der Waals surface area contributed by atoms with Crippen LogP contribution in [-0.2, 0) is 23.8 Å². The fourth-order valence-corrected chi connectivity index (χ4v) is 5.51. The van der Waals surface area contributed by atoms with Gasteiger partial charge in [-0.3, -0.25) is 4.79 Å². The Balaban J connectivity index is 1.31. The summed E-state index contributed by atoms with van der Waals surface area (Å²) >= 11 is 0. The lowest BCUT2D eigenvalue weighted by atomic mass is 10.0. The summed E-state index contributed by atoms with van der Waals surface area (Å²) in [5.74, 6) is 2.44. The van der Waals surface area contributed by atoms with Gasteiger partial charge >= 0.3 is 11.9 Å². The second-order valence-electron chi connectivity index (χ2n) is 11.8. The fraction of sp³-hybridized carbons (Fsp3) is 0.526. The van der Waals surface area contributed by atoms with Crippen LogP contribution in [0.1, 0.15) is 75.3 Å². The standard InChI is InChI=1S/C38H52O11/c1-42-30(25-29(39)26-31-12-11-14-37(41)49-31)19-21-48-36(40)13-9-7-6-8-10-20-47-33-22-27(17-18-32(33)43-2)15-16-28-23-34(44-3)38(46-5)35(24-28)45-4/h11,14-18,22-24,29-31,39H,6-10,12-13,19-21,25-26H2,1-5H3/b16-15-/t29-,30+,31-/m0/s1. The van der Waals surface area contributed by atoms with E-state index in [9.17, 15) is 14.7 Å². The van der Waals surface area contributed by atoms with Gasteiger partial charge in [0.15, 0.2) is 23.0 Å². The molecule has 0 radical (unpaired) electrons. The van der Waals surface area contributed by atoms with Crippen molar-refractivity contribution in [2.75, 3.05) is 48.8 Å². The maximum Gasteiger partial charge on any atom is 0.330 e. The third-order valence-corrected chi connectivity index (χ3v) is 8.17. The Hall–Kier alpha value is -4.22. The summed E-state index contributed by atoms with van der Waals surface area (Å²) in [6.07, 6.45) is 12.5. The van der Waals surface area contributed by atoms with Gasteiger partial charge in [0, 0.05) is 38.9 Å². The van der Waals surface area contributed by atoms with Gasteiger partial charge in [-0.25, -0.2) is 4.79 Å². The smallest absolute Gasteiger partial charge is 0.330 e. The Morgan fingerprint density at radius 2 is 1.53 bits per heavy atom. The molecule has 2 aromatic rings. The number of carbonyl (C=O) groups is 2. The van der Waals surface area contributed by atoms with E-state index in [2.05, 4.69) is 0 Å². The van der Waals surface area contributed by atoms with E-state index in [1.807, 2.05) is 42.5 Å². The Morgan fingerprint density at radius 1 is 0.857 bits per heavy atom. The topological polar surface area (TPSA) is 128 Å². The van der Waals surface area contributed by atoms with Crippen LogP contribution in [0.15, 0.2) is 42.5 Å². The van der Waals surface area contributed by atoms with Crippen LogP contribution in [0, 0.1) is 0 Å². The van der Waals surface area contributed by atoms with Crippen molar-refractivity contribution >= 4 is 24.1 Å². The van der Waals surface area contributed by atoms with Crippen molar-refractivity contribution in [2.45, 2.75) is 82.5 Å². The van der Waals surface area contributed by atoms with Crippen LogP contribution in [-0.4, -0.2) is 84.1 Å². The molecule has 0 saturated carbocycles. The second kappa shape index (κ2) is 21.7. The number of methoxy groups -OCH3 is 5. The van der Waals surface area contributed by atoms with Crippen LogP contribution >= 0.6 is 0 Å². The van der Waals surface area contributed by atoms with Crippen molar-refractivity contribution in [2.24, 2.45) is 0 Å². The largest absolute Gasteiger partial charge is 0.493 e. The zero-order valence-electron chi connectivity index (χ0n) is 29.4. The van der Waals surface area contributed by atoms with Crippen LogP contribution in [0.5, 0.6) is 28.7 Å². The van der Waals surface area contributed by atoms with Gasteiger partial charge in [0.1, 0.15) is 6.10 Å². The highest BCUT2D eigenvalue weighted by atomic mass is 16.6. The van der Waals surface area contributed by atoms with Crippen molar-refractivity contribution in [3.8, 4) is 28.7 Å². The number of aliphatic hydroxyl groups excluding tert-OH is 1. The number of aliphatic hydroxyl groups is 1. The number of ether oxygens (including phenoxy) is 8. The van der Waals surface area contributed by atoms with Crippen LogP contribution in [0.4, 0.5) is 0 Å². The Bertz CT molecular complexity index is 1340. The molecule has 11 nitrogen and oxygen atoms in total. The molecule has 0 amide bonds. The van der Waals surface area contributed by atoms with Crippen LogP contribution in [0.2, 0.25) is 0 Å². The van der Waals surface area contributed by atoms with Gasteiger partial charge in [0.2, 0.25) is 5.75 Å². The molecule has 2 aromatic carbocycles. The molecule has 0 unspecified atom stereocenters. The molecule has 49 heavy (non-hydrogen) atoms. The SMILES string of the molecule is COc1ccc(/C=C\c2cc(OC)c(OC)c(OC)c2)cc1OCCCCCCCC(=O)OCC[C@H](C[C@H](O)C[C@@H]1CC=CC(=O)O1)OC. The van der Waals surface area contributed by atoms with E-state index >= 15 is 0 Å². The monoisotopic (exact) mass is 684 g/mol. The van der Waals surface area contributed by atoms with E-state index < -0.39 is 6.10 Å². The molecule has 0 saturated heterocycles. The first-order chi connectivity index (χ1) is 23.8. The summed E-state index contributed by atoms with van der Waals surface area (Å²) in [4.78, 5) is 23.6. The highest BCUT2D eigenvalue weighted by Crippen LogP contribution is 2.39. The molecule has 0 aromatic heterocycles. The predicted octanol–water partition coefficient (Wildman–Crippen LogP) is 6.57. The average Bonchev–Trinajstić information content (AvgIpc) is 3.10. The van der Waals surface area contributed by atoms with Crippen LogP contribution in [0.3, 0.4) is 0 Å². The minimum Gasteiger partial charge on any atom is -0.493 e. The van der Waals surface area contributed by atoms with Gasteiger partial charge in [-0.15, -0.1) is 0 Å². The predicted molar refractivity (Wildman–Crippen MR) is 186 cm³/mol. The number of hydrogen-bond donors (Lipinski definition) is 1. The Labute approximate surface area is 290 Å². The lowest BCUT2D eigenvalue weighted by Gasteiger charge is -2.24. The maximum absolute atomic E-state index is 12.2. The minimum absolute atomic E-state index is 0.230. The first kappa shape index (κ1) is 39.2. The van der Waals surface area contributed by atoms with Gasteiger partial charge < -0.3 is 43.0 Å². The highest BCUT2D eigenvalue weighted by molar-refractivity contribution is 5.82. The maximum atomic E-state index is 12.2. The minimum atomic E-state index is -0.675. The molecule has 0 spiro atoms. The molecule has 0 fully saturated rings. The van der Waals surface area contributed by atoms with E-state index in [1.165, 1.54) is 6.08 Å². The molecule has 3 rings (SSSR count). The van der Waals surface area contributed by atoms with Gasteiger partial charge in [-0.05, 0) is 54.7 Å². The van der Waals surface area contributed by atoms with Gasteiger partial charge in [-0.1, -0.05) is 43.6 Å². The number of rotatable bonds is 23. The molecular formula is C38H52O11. The second-order valence-corrected chi connectivity index (χ2v) is 11.8. The summed E-state index contributed by atoms with van der Waals surface area (Å²) in [5.41, 5.74) is 1.85. The number of esters is 2. The zero-order valence-corrected chi connectivity index (χ0v) is 29.4. The van der Waals surface area contributed by atoms with Gasteiger partial charge in [-0.2, -0.15) is 0 Å².